The van der Waals surface area contributed by atoms with Crippen LogP contribution in [0, 0.1) is 0 Å². The van der Waals surface area contributed by atoms with Gasteiger partial charge in [0.1, 0.15) is 6.04 Å². The number of nitrogens with one attached hydrogen (secondary N) is 1. The lowest BCUT2D eigenvalue weighted by Crippen LogP contribution is -2.45. The number of hydrogen-bond acceptors (Lipinski definition) is 3. The largest absolute Gasteiger partial charge is 0.459 e. The summed E-state index contributed by atoms with van der Waals surface area (Å²) in [4.78, 5) is 25.9. The molecule has 1 atom stereocenters. The van der Waals surface area contributed by atoms with Crippen molar-refractivity contribution in [1.82, 2.24) is 10.2 Å². The Morgan fingerprint density at radius 1 is 1.17 bits per heavy atom. The molecule has 2 aromatic rings. The van der Waals surface area contributed by atoms with Crippen LogP contribution in [0.2, 0.25) is 0 Å². The topological polar surface area (TPSA) is 62.6 Å². The predicted molar refractivity (Wildman–Crippen MR) is 87.9 cm³/mol. The Morgan fingerprint density at radius 3 is 2.39 bits per heavy atom. The average molecular weight is 314 g/mol. The summed E-state index contributed by atoms with van der Waals surface area (Å²) >= 11 is 0. The number of nitrogens with zero attached hydrogens (tertiary/aromatic N) is 1. The molecule has 0 unspecified atom stereocenters. The van der Waals surface area contributed by atoms with E-state index in [1.54, 1.807) is 31.0 Å². The molecule has 23 heavy (non-hydrogen) atoms. The number of hydrogen-bond donors (Lipinski definition) is 1. The molecule has 1 aromatic carbocycles. The zero-order valence-electron chi connectivity index (χ0n) is 13.7. The molecule has 0 radical (unpaired) electrons. The number of benzene rings is 1. The van der Waals surface area contributed by atoms with Gasteiger partial charge < -0.3 is 14.6 Å². The number of amides is 2. The highest BCUT2D eigenvalue weighted by Crippen LogP contribution is 2.08. The normalized spacial score (nSPS) is 11.8. The van der Waals surface area contributed by atoms with E-state index < -0.39 is 11.9 Å². The summed E-state index contributed by atoms with van der Waals surface area (Å²) in [5.41, 5.74) is 2.32. The van der Waals surface area contributed by atoms with Crippen LogP contribution in [0.4, 0.5) is 0 Å². The first-order chi connectivity index (χ1) is 11.0. The number of aryl methyl sites for hydroxylation is 1. The van der Waals surface area contributed by atoms with Gasteiger partial charge in [-0.3, -0.25) is 9.59 Å². The summed E-state index contributed by atoms with van der Waals surface area (Å²) in [5, 5.41) is 2.64. The lowest BCUT2D eigenvalue weighted by molar-refractivity contribution is -0.132. The maximum Gasteiger partial charge on any atom is 0.287 e. The standard InChI is InChI=1S/C18H22N2O3/c1-4-14-7-9-15(10-8-14)12-20(3)18(22)13(2)19-17(21)16-6-5-11-23-16/h5-11,13H,4,12H2,1-3H3,(H,19,21)/t13-/m0/s1. The highest BCUT2D eigenvalue weighted by atomic mass is 16.3. The summed E-state index contributed by atoms with van der Waals surface area (Å²) in [7, 11) is 1.73. The van der Waals surface area contributed by atoms with Crippen molar-refractivity contribution in [3.63, 3.8) is 0 Å². The van der Waals surface area contributed by atoms with Crippen molar-refractivity contribution in [3.8, 4) is 0 Å². The third-order valence-corrected chi connectivity index (χ3v) is 3.69. The van der Waals surface area contributed by atoms with E-state index in [1.807, 2.05) is 12.1 Å². The van der Waals surface area contributed by atoms with Gasteiger partial charge in [-0.15, -0.1) is 0 Å². The van der Waals surface area contributed by atoms with Gasteiger partial charge >= 0.3 is 0 Å². The Labute approximate surface area is 136 Å². The zero-order chi connectivity index (χ0) is 16.8. The van der Waals surface area contributed by atoms with E-state index in [9.17, 15) is 9.59 Å². The molecule has 122 valence electrons. The molecule has 1 heterocycles. The summed E-state index contributed by atoms with van der Waals surface area (Å²) < 4.78 is 5.02. The van der Waals surface area contributed by atoms with E-state index in [4.69, 9.17) is 4.42 Å². The molecule has 2 rings (SSSR count). The monoisotopic (exact) mass is 314 g/mol. The first-order valence-electron chi connectivity index (χ1n) is 7.68. The van der Waals surface area contributed by atoms with Gasteiger partial charge in [0.2, 0.25) is 5.91 Å². The van der Waals surface area contributed by atoms with Gasteiger partial charge in [0.15, 0.2) is 5.76 Å². The second-order valence-corrected chi connectivity index (χ2v) is 5.54. The summed E-state index contributed by atoms with van der Waals surface area (Å²) in [6, 6.07) is 10.8. The van der Waals surface area contributed by atoms with Crippen LogP contribution in [-0.2, 0) is 17.8 Å². The highest BCUT2D eigenvalue weighted by molar-refractivity contribution is 5.95. The van der Waals surface area contributed by atoms with E-state index in [1.165, 1.54) is 11.8 Å². The van der Waals surface area contributed by atoms with Gasteiger partial charge in [-0.1, -0.05) is 31.2 Å². The van der Waals surface area contributed by atoms with E-state index in [2.05, 4.69) is 24.4 Å². The van der Waals surface area contributed by atoms with Gasteiger partial charge in [-0.2, -0.15) is 0 Å². The minimum absolute atomic E-state index is 0.149. The lowest BCUT2D eigenvalue weighted by Gasteiger charge is -2.22. The molecule has 0 saturated carbocycles. The van der Waals surface area contributed by atoms with Crippen LogP contribution in [-0.4, -0.2) is 29.8 Å². The predicted octanol–water partition coefficient (Wildman–Crippen LogP) is 2.62. The fourth-order valence-electron chi connectivity index (χ4n) is 2.30. The molecule has 0 aliphatic carbocycles. The second-order valence-electron chi connectivity index (χ2n) is 5.54. The zero-order valence-corrected chi connectivity index (χ0v) is 13.7. The van der Waals surface area contributed by atoms with Crippen LogP contribution in [0.3, 0.4) is 0 Å². The fraction of sp³-hybridized carbons (Fsp3) is 0.333. The Kier molecular flexibility index (Phi) is 5.57. The van der Waals surface area contributed by atoms with Gasteiger partial charge in [0, 0.05) is 13.6 Å². The minimum Gasteiger partial charge on any atom is -0.459 e. The maximum absolute atomic E-state index is 12.4. The van der Waals surface area contributed by atoms with Crippen molar-refractivity contribution in [1.29, 1.82) is 0 Å². The molecular formula is C18H22N2O3. The van der Waals surface area contributed by atoms with Gasteiger partial charge in [-0.05, 0) is 36.6 Å². The Bertz CT molecular complexity index is 647. The van der Waals surface area contributed by atoms with Crippen molar-refractivity contribution in [3.05, 3.63) is 59.5 Å². The molecule has 5 heteroatoms. The van der Waals surface area contributed by atoms with Crippen LogP contribution in [0.15, 0.2) is 47.1 Å². The molecule has 0 bridgehead atoms. The Balaban J connectivity index is 1.91. The van der Waals surface area contributed by atoms with E-state index in [-0.39, 0.29) is 11.7 Å². The van der Waals surface area contributed by atoms with Crippen molar-refractivity contribution in [2.24, 2.45) is 0 Å². The molecular weight excluding hydrogens is 292 g/mol. The summed E-state index contributed by atoms with van der Waals surface area (Å²) in [5.74, 6) is -0.344. The molecule has 5 nitrogen and oxygen atoms in total. The van der Waals surface area contributed by atoms with Gasteiger partial charge in [-0.25, -0.2) is 0 Å². The molecule has 2 amide bonds. The first-order valence-corrected chi connectivity index (χ1v) is 7.68. The van der Waals surface area contributed by atoms with Crippen molar-refractivity contribution in [2.75, 3.05) is 7.05 Å². The molecule has 0 saturated heterocycles. The number of carbonyl (C=O) groups is 2. The Morgan fingerprint density at radius 2 is 1.83 bits per heavy atom. The molecule has 0 aliphatic rings. The van der Waals surface area contributed by atoms with Crippen LogP contribution >= 0.6 is 0 Å². The number of rotatable bonds is 6. The second kappa shape index (κ2) is 7.63. The number of furan rings is 1. The lowest BCUT2D eigenvalue weighted by atomic mass is 10.1. The first kappa shape index (κ1) is 16.8. The maximum atomic E-state index is 12.4. The van der Waals surface area contributed by atoms with Crippen molar-refractivity contribution < 1.29 is 14.0 Å². The smallest absolute Gasteiger partial charge is 0.287 e. The molecule has 1 N–H and O–H groups in total. The Hall–Kier alpha value is -2.56. The van der Waals surface area contributed by atoms with Crippen molar-refractivity contribution in [2.45, 2.75) is 32.9 Å². The minimum atomic E-state index is -0.618. The number of carbonyl (C=O) groups excluding carboxylic acids is 2. The number of likely N-dealkylation sites (N-methyl/N-ethyl adjacent to an activating group) is 1. The summed E-state index contributed by atoms with van der Waals surface area (Å²) in [6.45, 7) is 4.28. The van der Waals surface area contributed by atoms with E-state index >= 15 is 0 Å². The van der Waals surface area contributed by atoms with Crippen LogP contribution < -0.4 is 5.32 Å². The average Bonchev–Trinajstić information content (AvgIpc) is 3.09. The SMILES string of the molecule is CCc1ccc(CN(C)C(=O)[C@H](C)NC(=O)c2ccco2)cc1. The third-order valence-electron chi connectivity index (χ3n) is 3.69. The van der Waals surface area contributed by atoms with Crippen LogP contribution in [0.1, 0.15) is 35.5 Å². The van der Waals surface area contributed by atoms with E-state index in [0.29, 0.717) is 6.54 Å². The van der Waals surface area contributed by atoms with Crippen molar-refractivity contribution >= 4 is 11.8 Å². The van der Waals surface area contributed by atoms with Crippen LogP contribution in [0.5, 0.6) is 0 Å². The highest BCUT2D eigenvalue weighted by Gasteiger charge is 2.21. The summed E-state index contributed by atoms with van der Waals surface area (Å²) in [6.07, 6.45) is 2.42. The quantitative estimate of drug-likeness (QED) is 0.891. The molecule has 1 aromatic heterocycles. The molecule has 0 fully saturated rings. The molecule has 0 spiro atoms. The van der Waals surface area contributed by atoms with Crippen LogP contribution in [0.25, 0.3) is 0 Å². The van der Waals surface area contributed by atoms with Gasteiger partial charge in [0.05, 0.1) is 6.26 Å². The third kappa shape index (κ3) is 4.45. The van der Waals surface area contributed by atoms with Gasteiger partial charge in [0.25, 0.3) is 5.91 Å². The molecule has 0 aliphatic heterocycles. The fourth-order valence-corrected chi connectivity index (χ4v) is 2.30. The van der Waals surface area contributed by atoms with E-state index in [0.717, 1.165) is 12.0 Å².